The summed E-state index contributed by atoms with van der Waals surface area (Å²) in [4.78, 5) is 20.2. The zero-order valence-electron chi connectivity index (χ0n) is 20.3. The van der Waals surface area contributed by atoms with E-state index in [9.17, 15) is 0 Å². The number of nitrogens with one attached hydrogen (secondary N) is 1. The molecule has 0 aliphatic carbocycles. The molecule has 4 aromatic rings. The summed E-state index contributed by atoms with van der Waals surface area (Å²) in [6.07, 6.45) is 8.32. The number of nitrogens with zero attached hydrogens (tertiary/aromatic N) is 8. The largest absolute Gasteiger partial charge is 0.383 e. The lowest BCUT2D eigenvalue weighted by molar-refractivity contribution is 0.732. The molecule has 0 saturated heterocycles. The number of nitrogen functional groups attached to an aromatic ring is 1. The molecule has 0 atom stereocenters. The number of para-hydroxylation sites is 1. The SMILES string of the molecule is C=C1c2c(C)ccnc2N=C(Cn2nc(C=CN/N=C\C)c3c(N)ncnc32)N1c1ccccc1C. The van der Waals surface area contributed by atoms with Crippen molar-refractivity contribution < 1.29 is 0 Å². The number of fused-ring (bicyclic) bond motifs is 2. The zero-order chi connectivity index (χ0) is 25.2. The van der Waals surface area contributed by atoms with Crippen LogP contribution < -0.4 is 16.1 Å². The van der Waals surface area contributed by atoms with Gasteiger partial charge in [-0.25, -0.2) is 24.6 Å². The molecule has 5 rings (SSSR count). The molecule has 36 heavy (non-hydrogen) atoms. The van der Waals surface area contributed by atoms with Crippen molar-refractivity contribution >= 4 is 52.2 Å². The molecule has 0 fully saturated rings. The Morgan fingerprint density at radius 3 is 2.75 bits per heavy atom. The highest BCUT2D eigenvalue weighted by Gasteiger charge is 2.29. The second kappa shape index (κ2) is 9.41. The average Bonchev–Trinajstić information content (AvgIpc) is 3.21. The molecule has 0 unspecified atom stereocenters. The Morgan fingerprint density at radius 1 is 1.11 bits per heavy atom. The van der Waals surface area contributed by atoms with Crippen LogP contribution in [0.25, 0.3) is 22.8 Å². The van der Waals surface area contributed by atoms with E-state index in [0.29, 0.717) is 40.7 Å². The minimum Gasteiger partial charge on any atom is -0.383 e. The van der Waals surface area contributed by atoms with Gasteiger partial charge in [0.05, 0.1) is 22.5 Å². The Bertz CT molecular complexity index is 1560. The van der Waals surface area contributed by atoms with Crippen LogP contribution in [0.4, 0.5) is 17.3 Å². The van der Waals surface area contributed by atoms with Gasteiger partial charge in [-0.3, -0.25) is 10.3 Å². The van der Waals surface area contributed by atoms with Crippen LogP contribution in [0.3, 0.4) is 0 Å². The van der Waals surface area contributed by atoms with Gasteiger partial charge < -0.3 is 5.73 Å². The highest BCUT2D eigenvalue weighted by molar-refractivity contribution is 6.13. The van der Waals surface area contributed by atoms with E-state index in [0.717, 1.165) is 28.1 Å². The van der Waals surface area contributed by atoms with E-state index < -0.39 is 0 Å². The zero-order valence-corrected chi connectivity index (χ0v) is 20.3. The second-order valence-electron chi connectivity index (χ2n) is 8.27. The highest BCUT2D eigenvalue weighted by atomic mass is 15.4. The van der Waals surface area contributed by atoms with Crippen molar-refractivity contribution in [3.8, 4) is 0 Å². The predicted molar refractivity (Wildman–Crippen MR) is 145 cm³/mol. The van der Waals surface area contributed by atoms with Crippen LogP contribution in [0.1, 0.15) is 29.3 Å². The summed E-state index contributed by atoms with van der Waals surface area (Å²) < 4.78 is 1.77. The number of hydrazone groups is 1. The molecule has 180 valence electrons. The quantitative estimate of drug-likeness (QED) is 0.314. The molecular formula is C26H26N10. The monoisotopic (exact) mass is 478 g/mol. The number of pyridine rings is 1. The normalized spacial score (nSPS) is 13.6. The Labute approximate surface area is 208 Å². The molecule has 0 spiro atoms. The summed E-state index contributed by atoms with van der Waals surface area (Å²) in [6.45, 7) is 10.7. The van der Waals surface area contributed by atoms with Gasteiger partial charge in [0, 0.05) is 24.2 Å². The lowest BCUT2D eigenvalue weighted by Crippen LogP contribution is -2.35. The summed E-state index contributed by atoms with van der Waals surface area (Å²) in [6, 6.07) is 10.1. The van der Waals surface area contributed by atoms with Gasteiger partial charge >= 0.3 is 0 Å². The lowest BCUT2D eigenvalue weighted by Gasteiger charge is -2.33. The number of aryl methyl sites for hydroxylation is 2. The van der Waals surface area contributed by atoms with Gasteiger partial charge in [-0.15, -0.1) is 0 Å². The smallest absolute Gasteiger partial charge is 0.164 e. The van der Waals surface area contributed by atoms with Crippen LogP contribution >= 0.6 is 0 Å². The molecule has 0 saturated carbocycles. The fourth-order valence-corrected chi connectivity index (χ4v) is 4.28. The third-order valence-corrected chi connectivity index (χ3v) is 5.94. The highest BCUT2D eigenvalue weighted by Crippen LogP contribution is 2.38. The van der Waals surface area contributed by atoms with Crippen molar-refractivity contribution in [2.45, 2.75) is 27.3 Å². The molecule has 1 aliphatic rings. The van der Waals surface area contributed by atoms with E-state index in [1.54, 1.807) is 29.4 Å². The van der Waals surface area contributed by atoms with Gasteiger partial charge in [0.25, 0.3) is 0 Å². The molecule has 10 nitrogen and oxygen atoms in total. The van der Waals surface area contributed by atoms with Gasteiger partial charge in [0.1, 0.15) is 24.5 Å². The number of rotatable bonds is 6. The molecule has 1 aliphatic heterocycles. The van der Waals surface area contributed by atoms with Gasteiger partial charge in [0.2, 0.25) is 0 Å². The fraction of sp³-hybridized carbons (Fsp3) is 0.154. The molecule has 0 amide bonds. The van der Waals surface area contributed by atoms with E-state index in [1.807, 2.05) is 32.0 Å². The summed E-state index contributed by atoms with van der Waals surface area (Å²) in [5, 5.41) is 9.42. The van der Waals surface area contributed by atoms with Crippen molar-refractivity contribution in [2.75, 3.05) is 10.6 Å². The molecule has 3 N–H and O–H groups in total. The summed E-state index contributed by atoms with van der Waals surface area (Å²) in [7, 11) is 0. The molecule has 3 aromatic heterocycles. The summed E-state index contributed by atoms with van der Waals surface area (Å²) in [5.41, 5.74) is 15.1. The van der Waals surface area contributed by atoms with Gasteiger partial charge in [-0.1, -0.05) is 24.8 Å². The Kier molecular flexibility index (Phi) is 5.99. The predicted octanol–water partition coefficient (Wildman–Crippen LogP) is 4.21. The first-order chi connectivity index (χ1) is 17.5. The molecular weight excluding hydrogens is 452 g/mol. The molecule has 0 bridgehead atoms. The van der Waals surface area contributed by atoms with Gasteiger partial charge in [0.15, 0.2) is 11.5 Å². The number of nitrogens with two attached hydrogens (primary N) is 1. The van der Waals surface area contributed by atoms with E-state index in [-0.39, 0.29) is 0 Å². The maximum Gasteiger partial charge on any atom is 0.164 e. The van der Waals surface area contributed by atoms with Crippen molar-refractivity contribution in [3.63, 3.8) is 0 Å². The van der Waals surface area contributed by atoms with Gasteiger partial charge in [-0.05, 0) is 50.1 Å². The molecule has 0 radical (unpaired) electrons. The third kappa shape index (κ3) is 3.98. The first-order valence-electron chi connectivity index (χ1n) is 11.4. The van der Waals surface area contributed by atoms with Crippen LogP contribution in [0.5, 0.6) is 0 Å². The van der Waals surface area contributed by atoms with Crippen LogP contribution in [-0.4, -0.2) is 36.8 Å². The first kappa shape index (κ1) is 22.9. The topological polar surface area (TPSA) is 122 Å². The maximum atomic E-state index is 6.22. The van der Waals surface area contributed by atoms with Crippen LogP contribution in [-0.2, 0) is 6.54 Å². The maximum absolute atomic E-state index is 6.22. The van der Waals surface area contributed by atoms with Crippen molar-refractivity contribution in [2.24, 2.45) is 10.1 Å². The van der Waals surface area contributed by atoms with Crippen molar-refractivity contribution in [3.05, 3.63) is 78.0 Å². The molecule has 4 heterocycles. The number of amidine groups is 1. The van der Waals surface area contributed by atoms with E-state index in [2.05, 4.69) is 56.0 Å². The summed E-state index contributed by atoms with van der Waals surface area (Å²) >= 11 is 0. The van der Waals surface area contributed by atoms with Crippen molar-refractivity contribution in [1.29, 1.82) is 0 Å². The Balaban J connectivity index is 1.65. The van der Waals surface area contributed by atoms with Gasteiger partial charge in [-0.2, -0.15) is 10.2 Å². The van der Waals surface area contributed by atoms with E-state index in [4.69, 9.17) is 15.8 Å². The molecule has 10 heteroatoms. The Hall–Kier alpha value is -4.86. The van der Waals surface area contributed by atoms with Crippen LogP contribution in [0, 0.1) is 13.8 Å². The fourth-order valence-electron chi connectivity index (χ4n) is 4.28. The number of aliphatic imine (C=N–C) groups is 1. The average molecular weight is 479 g/mol. The number of aromatic nitrogens is 5. The van der Waals surface area contributed by atoms with Crippen LogP contribution in [0.15, 0.2) is 65.7 Å². The first-order valence-corrected chi connectivity index (χ1v) is 11.4. The number of hydrogen-bond donors (Lipinski definition) is 2. The standard InChI is InChI=1S/C26H26N10/c1-5-31-32-13-11-19-23-24(27)29-15-30-26(23)35(34-19)14-21-33-25-22(17(3)10-12-28-25)18(4)36(21)20-9-7-6-8-16(20)2/h5-13,15,32H,4,14H2,1-3H3,(H2,27,29,30)/b13-11?,31-5-. The Morgan fingerprint density at radius 2 is 1.94 bits per heavy atom. The van der Waals surface area contributed by atoms with E-state index >= 15 is 0 Å². The summed E-state index contributed by atoms with van der Waals surface area (Å²) in [5.74, 6) is 1.69. The number of anilines is 2. The second-order valence-corrected chi connectivity index (χ2v) is 8.27. The van der Waals surface area contributed by atoms with Crippen molar-refractivity contribution in [1.82, 2.24) is 30.2 Å². The van der Waals surface area contributed by atoms with E-state index in [1.165, 1.54) is 6.33 Å². The number of benzene rings is 1. The minimum atomic E-state index is 0.309. The number of hydrogen-bond acceptors (Lipinski definition) is 9. The molecule has 1 aromatic carbocycles. The third-order valence-electron chi connectivity index (χ3n) is 5.94. The minimum absolute atomic E-state index is 0.309. The van der Waals surface area contributed by atoms with Crippen LogP contribution in [0.2, 0.25) is 0 Å². The lowest BCUT2D eigenvalue weighted by atomic mass is 10.0.